The number of benzene rings is 1. The van der Waals surface area contributed by atoms with Gasteiger partial charge in [-0.15, -0.1) is 0 Å². The van der Waals surface area contributed by atoms with E-state index in [1.807, 2.05) is 6.07 Å². The van der Waals surface area contributed by atoms with Crippen molar-refractivity contribution in [3.8, 4) is 0 Å². The molecule has 5 heteroatoms. The molecule has 0 aliphatic carbocycles. The molecule has 90 valence electrons. The summed E-state index contributed by atoms with van der Waals surface area (Å²) in [4.78, 5) is 0. The molecule has 0 saturated carbocycles. The zero-order valence-corrected chi connectivity index (χ0v) is 9.57. The van der Waals surface area contributed by atoms with E-state index in [4.69, 9.17) is 11.6 Å². The maximum Gasteiger partial charge on any atom is 0.390 e. The van der Waals surface area contributed by atoms with Gasteiger partial charge in [0.1, 0.15) is 0 Å². The van der Waals surface area contributed by atoms with Crippen molar-refractivity contribution in [2.75, 3.05) is 6.54 Å². The molecule has 0 aromatic heterocycles. The zero-order chi connectivity index (χ0) is 12.2. The first kappa shape index (κ1) is 13.3. The Balaban J connectivity index is 2.47. The second kappa shape index (κ2) is 5.55. The van der Waals surface area contributed by atoms with Gasteiger partial charge in [-0.25, -0.2) is 0 Å². The Hall–Kier alpha value is -0.740. The Morgan fingerprint density at radius 3 is 2.50 bits per heavy atom. The van der Waals surface area contributed by atoms with Gasteiger partial charge in [0, 0.05) is 17.6 Å². The number of hydrogen-bond donors (Lipinski definition) is 1. The van der Waals surface area contributed by atoms with Crippen LogP contribution in [-0.4, -0.2) is 12.7 Å². The van der Waals surface area contributed by atoms with Crippen molar-refractivity contribution in [3.05, 3.63) is 34.9 Å². The van der Waals surface area contributed by atoms with Crippen LogP contribution in [0.3, 0.4) is 0 Å². The highest BCUT2D eigenvalue weighted by molar-refractivity contribution is 6.31. The first-order chi connectivity index (χ1) is 7.40. The molecule has 0 saturated heterocycles. The molecule has 1 nitrogen and oxygen atoms in total. The monoisotopic (exact) mass is 251 g/mol. The molecule has 1 aromatic carbocycles. The average molecular weight is 252 g/mol. The number of nitrogens with one attached hydrogen (secondary N) is 1. The van der Waals surface area contributed by atoms with Crippen molar-refractivity contribution in [3.63, 3.8) is 0 Å². The summed E-state index contributed by atoms with van der Waals surface area (Å²) in [5.41, 5.74) is 0.811. The third kappa shape index (κ3) is 4.41. The molecule has 0 aliphatic rings. The highest BCUT2D eigenvalue weighted by Gasteiger charge is 2.26. The average Bonchev–Trinajstić information content (AvgIpc) is 2.16. The molecule has 0 bridgehead atoms. The second-order valence-corrected chi connectivity index (χ2v) is 3.97. The normalized spacial score (nSPS) is 13.8. The van der Waals surface area contributed by atoms with E-state index >= 15 is 0 Å². The standard InChI is InChI=1S/C11H13ClF3N/c1-8(16-7-6-11(13,14)15)9-4-2-3-5-10(9)12/h2-5,8,16H,6-7H2,1H3/t8-/m0/s1. The van der Waals surface area contributed by atoms with Gasteiger partial charge in [0.2, 0.25) is 0 Å². The van der Waals surface area contributed by atoms with Gasteiger partial charge < -0.3 is 5.32 Å². The van der Waals surface area contributed by atoms with Crippen molar-refractivity contribution in [2.45, 2.75) is 25.6 Å². The van der Waals surface area contributed by atoms with E-state index in [2.05, 4.69) is 5.32 Å². The SMILES string of the molecule is C[C@H](NCCC(F)(F)F)c1ccccc1Cl. The van der Waals surface area contributed by atoms with Gasteiger partial charge in [0.05, 0.1) is 6.42 Å². The topological polar surface area (TPSA) is 12.0 Å². The minimum absolute atomic E-state index is 0.101. The summed E-state index contributed by atoms with van der Waals surface area (Å²) in [6, 6.07) is 6.93. The lowest BCUT2D eigenvalue weighted by Crippen LogP contribution is -2.24. The van der Waals surface area contributed by atoms with Crippen LogP contribution in [0.2, 0.25) is 5.02 Å². The summed E-state index contributed by atoms with van der Waals surface area (Å²) < 4.78 is 35.8. The maximum absolute atomic E-state index is 11.9. The van der Waals surface area contributed by atoms with E-state index < -0.39 is 12.6 Å². The van der Waals surface area contributed by atoms with Crippen LogP contribution >= 0.6 is 11.6 Å². The zero-order valence-electron chi connectivity index (χ0n) is 8.81. The molecule has 0 spiro atoms. The fourth-order valence-electron chi connectivity index (χ4n) is 1.37. The summed E-state index contributed by atoms with van der Waals surface area (Å²) in [5, 5.41) is 3.36. The van der Waals surface area contributed by atoms with Crippen LogP contribution in [0.15, 0.2) is 24.3 Å². The third-order valence-electron chi connectivity index (χ3n) is 2.23. The van der Waals surface area contributed by atoms with Gasteiger partial charge in [-0.1, -0.05) is 29.8 Å². The van der Waals surface area contributed by atoms with E-state index in [-0.39, 0.29) is 12.6 Å². The van der Waals surface area contributed by atoms with Crippen LogP contribution in [-0.2, 0) is 0 Å². The molecule has 1 atom stereocenters. The minimum Gasteiger partial charge on any atom is -0.310 e. The van der Waals surface area contributed by atoms with Gasteiger partial charge in [0.25, 0.3) is 0 Å². The Morgan fingerprint density at radius 2 is 1.94 bits per heavy atom. The molecule has 0 radical (unpaired) electrons. The number of rotatable bonds is 4. The summed E-state index contributed by atoms with van der Waals surface area (Å²) in [5.74, 6) is 0. The molecular weight excluding hydrogens is 239 g/mol. The minimum atomic E-state index is -4.12. The second-order valence-electron chi connectivity index (χ2n) is 3.56. The van der Waals surface area contributed by atoms with Crippen molar-refractivity contribution in [1.29, 1.82) is 0 Å². The lowest BCUT2D eigenvalue weighted by molar-refractivity contribution is -0.133. The number of alkyl halides is 3. The molecule has 0 heterocycles. The van der Waals surface area contributed by atoms with Crippen LogP contribution in [0.4, 0.5) is 13.2 Å². The van der Waals surface area contributed by atoms with Gasteiger partial charge in [-0.2, -0.15) is 13.2 Å². The fourth-order valence-corrected chi connectivity index (χ4v) is 1.67. The molecule has 0 unspecified atom stereocenters. The first-order valence-electron chi connectivity index (χ1n) is 4.95. The molecular formula is C11H13ClF3N. The van der Waals surface area contributed by atoms with Gasteiger partial charge in [-0.05, 0) is 18.6 Å². The lowest BCUT2D eigenvalue weighted by Gasteiger charge is -2.16. The quantitative estimate of drug-likeness (QED) is 0.855. The summed E-state index contributed by atoms with van der Waals surface area (Å²) in [6.45, 7) is 1.69. The van der Waals surface area contributed by atoms with E-state index in [9.17, 15) is 13.2 Å². The van der Waals surface area contributed by atoms with Gasteiger partial charge in [-0.3, -0.25) is 0 Å². The lowest BCUT2D eigenvalue weighted by atomic mass is 10.1. The summed E-state index contributed by atoms with van der Waals surface area (Å²) in [7, 11) is 0. The van der Waals surface area contributed by atoms with Gasteiger partial charge in [0.15, 0.2) is 0 Å². The van der Waals surface area contributed by atoms with Crippen LogP contribution in [0.5, 0.6) is 0 Å². The summed E-state index contributed by atoms with van der Waals surface area (Å²) in [6.07, 6.45) is -4.95. The highest BCUT2D eigenvalue weighted by atomic mass is 35.5. The smallest absolute Gasteiger partial charge is 0.310 e. The van der Waals surface area contributed by atoms with Crippen molar-refractivity contribution < 1.29 is 13.2 Å². The van der Waals surface area contributed by atoms with Crippen LogP contribution < -0.4 is 5.32 Å². The number of hydrogen-bond acceptors (Lipinski definition) is 1. The van der Waals surface area contributed by atoms with E-state index in [0.717, 1.165) is 5.56 Å². The predicted molar refractivity (Wildman–Crippen MR) is 58.5 cm³/mol. The molecule has 0 amide bonds. The highest BCUT2D eigenvalue weighted by Crippen LogP contribution is 2.23. The Kier molecular flexibility index (Phi) is 4.62. The predicted octanol–water partition coefficient (Wildman–Crippen LogP) is 3.94. The third-order valence-corrected chi connectivity index (χ3v) is 2.57. The van der Waals surface area contributed by atoms with Crippen LogP contribution in [0, 0.1) is 0 Å². The van der Waals surface area contributed by atoms with Crippen molar-refractivity contribution in [1.82, 2.24) is 5.32 Å². The molecule has 1 aromatic rings. The van der Waals surface area contributed by atoms with Crippen LogP contribution in [0.25, 0.3) is 0 Å². The molecule has 0 aliphatic heterocycles. The summed E-state index contributed by atoms with van der Waals surface area (Å²) >= 11 is 5.93. The van der Waals surface area contributed by atoms with Crippen molar-refractivity contribution in [2.24, 2.45) is 0 Å². The molecule has 16 heavy (non-hydrogen) atoms. The first-order valence-corrected chi connectivity index (χ1v) is 5.32. The van der Waals surface area contributed by atoms with Crippen LogP contribution in [0.1, 0.15) is 24.9 Å². The maximum atomic E-state index is 11.9. The molecule has 1 rings (SSSR count). The van der Waals surface area contributed by atoms with E-state index in [0.29, 0.717) is 5.02 Å². The molecule has 0 fully saturated rings. The fraction of sp³-hybridized carbons (Fsp3) is 0.455. The van der Waals surface area contributed by atoms with Crippen molar-refractivity contribution >= 4 is 11.6 Å². The number of halogens is 4. The van der Waals surface area contributed by atoms with E-state index in [1.54, 1.807) is 25.1 Å². The molecule has 1 N–H and O–H groups in total. The Morgan fingerprint density at radius 1 is 1.31 bits per heavy atom. The largest absolute Gasteiger partial charge is 0.390 e. The van der Waals surface area contributed by atoms with Gasteiger partial charge >= 0.3 is 6.18 Å². The van der Waals surface area contributed by atoms with E-state index in [1.165, 1.54) is 0 Å². The Labute approximate surface area is 97.6 Å². The Bertz CT molecular complexity index is 338.